The predicted molar refractivity (Wildman–Crippen MR) is 76.2 cm³/mol. The molecule has 0 aliphatic rings. The van der Waals surface area contributed by atoms with Crippen molar-refractivity contribution in [2.75, 3.05) is 44.1 Å². The zero-order valence-electron chi connectivity index (χ0n) is 11.4. The first-order valence-electron chi connectivity index (χ1n) is 5.59. The number of likely N-dealkylation sites (N-methyl/N-ethyl adjacent to an activating group) is 2. The van der Waals surface area contributed by atoms with Gasteiger partial charge in [-0.3, -0.25) is 4.79 Å². The number of hydrogen-bond donors (Lipinski definition) is 1. The van der Waals surface area contributed by atoms with Gasteiger partial charge >= 0.3 is 0 Å². The third-order valence-corrected chi connectivity index (χ3v) is 5.46. The topological polar surface area (TPSA) is 96.6 Å². The van der Waals surface area contributed by atoms with Crippen molar-refractivity contribution in [3.05, 3.63) is 0 Å². The number of nitrogens with zero attached hydrogens (tertiary/aromatic N) is 3. The summed E-state index contributed by atoms with van der Waals surface area (Å²) in [4.78, 5) is 14.7. The molecular formula is C10H18N4O3S2. The maximum absolute atomic E-state index is 12.0. The summed E-state index contributed by atoms with van der Waals surface area (Å²) in [6.45, 7) is 1.61. The van der Waals surface area contributed by atoms with Crippen LogP contribution in [0, 0.1) is 0 Å². The lowest BCUT2D eigenvalue weighted by atomic mass is 10.4. The zero-order chi connectivity index (χ0) is 14.8. The summed E-state index contributed by atoms with van der Waals surface area (Å²) in [5, 5.41) is 0.398. The Labute approximate surface area is 117 Å². The highest BCUT2D eigenvalue weighted by atomic mass is 32.2. The van der Waals surface area contributed by atoms with E-state index in [0.717, 1.165) is 11.5 Å². The van der Waals surface area contributed by atoms with Crippen LogP contribution in [0.25, 0.3) is 0 Å². The number of hydrogen-bond acceptors (Lipinski definition) is 7. The lowest BCUT2D eigenvalue weighted by Gasteiger charge is -2.20. The first kappa shape index (κ1) is 15.7. The van der Waals surface area contributed by atoms with Gasteiger partial charge in [0.2, 0.25) is 5.91 Å². The van der Waals surface area contributed by atoms with Crippen LogP contribution in [0.4, 0.5) is 10.8 Å². The van der Waals surface area contributed by atoms with Crippen molar-refractivity contribution in [1.29, 1.82) is 0 Å². The average molecular weight is 306 g/mol. The lowest BCUT2D eigenvalue weighted by molar-refractivity contribution is -0.127. The monoisotopic (exact) mass is 306 g/mol. The minimum absolute atomic E-state index is 0.00833. The number of carbonyl (C=O) groups excluding carboxylic acids is 1. The first-order valence-corrected chi connectivity index (χ1v) is 8.02. The van der Waals surface area contributed by atoms with Gasteiger partial charge in [-0.25, -0.2) is 8.42 Å². The highest BCUT2D eigenvalue weighted by molar-refractivity contribution is 7.91. The second-order valence-electron chi connectivity index (χ2n) is 4.25. The van der Waals surface area contributed by atoms with Crippen molar-refractivity contribution in [2.24, 2.45) is 0 Å². The van der Waals surface area contributed by atoms with Crippen LogP contribution in [-0.4, -0.2) is 57.0 Å². The van der Waals surface area contributed by atoms with Crippen LogP contribution in [0.15, 0.2) is 4.90 Å². The van der Waals surface area contributed by atoms with Crippen LogP contribution in [0.1, 0.15) is 6.92 Å². The molecule has 1 rings (SSSR count). The van der Waals surface area contributed by atoms with Crippen molar-refractivity contribution in [1.82, 2.24) is 9.27 Å². The fourth-order valence-corrected chi connectivity index (χ4v) is 3.67. The van der Waals surface area contributed by atoms with Crippen LogP contribution >= 0.6 is 11.5 Å². The number of rotatable bonds is 5. The minimum atomic E-state index is -3.46. The molecule has 1 aromatic heterocycles. The summed E-state index contributed by atoms with van der Waals surface area (Å²) in [6.07, 6.45) is 0. The Morgan fingerprint density at radius 1 is 1.37 bits per heavy atom. The van der Waals surface area contributed by atoms with Crippen LogP contribution in [0.2, 0.25) is 0 Å². The standard InChI is InChI=1S/C10H18N4O3S2/c1-5-19(16,17)8-9(11)12-18-10(8)14(4)6-7(15)13(2)3/h5-6H2,1-4H3,(H2,11,12). The van der Waals surface area contributed by atoms with Crippen LogP contribution in [0.3, 0.4) is 0 Å². The van der Waals surface area contributed by atoms with E-state index in [2.05, 4.69) is 4.37 Å². The molecule has 0 unspecified atom stereocenters. The van der Waals surface area contributed by atoms with Gasteiger partial charge in [-0.2, -0.15) is 4.37 Å². The molecule has 0 radical (unpaired) electrons. The lowest BCUT2D eigenvalue weighted by Crippen LogP contribution is -2.34. The maximum atomic E-state index is 12.0. The Kier molecular flexibility index (Phi) is 4.75. The molecular weight excluding hydrogens is 288 g/mol. The first-order chi connectivity index (χ1) is 8.70. The van der Waals surface area contributed by atoms with Gasteiger partial charge in [0.25, 0.3) is 0 Å². The SMILES string of the molecule is CCS(=O)(=O)c1c(N)nsc1N(C)CC(=O)N(C)C. The van der Waals surface area contributed by atoms with Crippen molar-refractivity contribution in [2.45, 2.75) is 11.8 Å². The number of aromatic nitrogens is 1. The smallest absolute Gasteiger partial charge is 0.241 e. The van der Waals surface area contributed by atoms with Gasteiger partial charge in [0, 0.05) is 21.1 Å². The van der Waals surface area contributed by atoms with E-state index < -0.39 is 9.84 Å². The number of sulfone groups is 1. The van der Waals surface area contributed by atoms with E-state index in [1.54, 1.807) is 33.0 Å². The van der Waals surface area contributed by atoms with Gasteiger partial charge in [0.05, 0.1) is 12.3 Å². The quantitative estimate of drug-likeness (QED) is 0.825. The summed E-state index contributed by atoms with van der Waals surface area (Å²) in [5.74, 6) is -0.196. The molecule has 1 heterocycles. The fourth-order valence-electron chi connectivity index (χ4n) is 1.38. The third kappa shape index (κ3) is 3.35. The van der Waals surface area contributed by atoms with Crippen LogP contribution < -0.4 is 10.6 Å². The molecule has 0 atom stereocenters. The largest absolute Gasteiger partial charge is 0.382 e. The molecule has 0 bridgehead atoms. The molecule has 0 saturated heterocycles. The van der Waals surface area contributed by atoms with E-state index >= 15 is 0 Å². The Balaban J connectivity index is 3.13. The molecule has 0 aliphatic heterocycles. The number of nitrogen functional groups attached to an aromatic ring is 1. The van der Waals surface area contributed by atoms with Crippen molar-refractivity contribution in [3.63, 3.8) is 0 Å². The molecule has 1 aromatic rings. The molecule has 2 N–H and O–H groups in total. The summed E-state index contributed by atoms with van der Waals surface area (Å²) in [7, 11) is 1.46. The molecule has 0 aliphatic carbocycles. The van der Waals surface area contributed by atoms with Gasteiger partial charge in [-0.1, -0.05) is 6.92 Å². The Morgan fingerprint density at radius 3 is 2.42 bits per heavy atom. The number of anilines is 2. The van der Waals surface area contributed by atoms with E-state index in [4.69, 9.17) is 5.73 Å². The van der Waals surface area contributed by atoms with Gasteiger partial charge in [-0.05, 0) is 11.5 Å². The molecule has 0 fully saturated rings. The highest BCUT2D eigenvalue weighted by Gasteiger charge is 2.26. The van der Waals surface area contributed by atoms with Crippen molar-refractivity contribution in [3.8, 4) is 0 Å². The van der Waals surface area contributed by atoms with E-state index in [9.17, 15) is 13.2 Å². The third-order valence-electron chi connectivity index (χ3n) is 2.57. The number of amides is 1. The Hall–Kier alpha value is -1.35. The van der Waals surface area contributed by atoms with Gasteiger partial charge < -0.3 is 15.5 Å². The molecule has 108 valence electrons. The predicted octanol–water partition coefficient (Wildman–Crippen LogP) is 0.0433. The second kappa shape index (κ2) is 5.74. The molecule has 1 amide bonds. The summed E-state index contributed by atoms with van der Waals surface area (Å²) in [5.41, 5.74) is 5.63. The number of nitrogens with two attached hydrogens (primary N) is 1. The summed E-state index contributed by atoms with van der Waals surface area (Å²) < 4.78 is 27.9. The fraction of sp³-hybridized carbons (Fsp3) is 0.600. The average Bonchev–Trinajstić information content (AvgIpc) is 2.71. The van der Waals surface area contributed by atoms with Crippen LogP contribution in [0.5, 0.6) is 0 Å². The molecule has 0 saturated carbocycles. The molecule has 0 spiro atoms. The summed E-state index contributed by atoms with van der Waals surface area (Å²) in [6, 6.07) is 0. The normalized spacial score (nSPS) is 11.4. The second-order valence-corrected chi connectivity index (χ2v) is 7.22. The molecule has 7 nitrogen and oxygen atoms in total. The molecule has 0 aromatic carbocycles. The van der Waals surface area contributed by atoms with Crippen LogP contribution in [-0.2, 0) is 14.6 Å². The maximum Gasteiger partial charge on any atom is 0.241 e. The van der Waals surface area contributed by atoms with E-state index in [-0.39, 0.29) is 28.9 Å². The van der Waals surface area contributed by atoms with Crippen molar-refractivity contribution < 1.29 is 13.2 Å². The van der Waals surface area contributed by atoms with E-state index in [0.29, 0.717) is 5.00 Å². The molecule has 19 heavy (non-hydrogen) atoms. The van der Waals surface area contributed by atoms with Gasteiger partial charge in [-0.15, -0.1) is 0 Å². The van der Waals surface area contributed by atoms with Crippen molar-refractivity contribution >= 4 is 38.1 Å². The van der Waals surface area contributed by atoms with E-state index in [1.807, 2.05) is 0 Å². The van der Waals surface area contributed by atoms with E-state index in [1.165, 1.54) is 4.90 Å². The highest BCUT2D eigenvalue weighted by Crippen LogP contribution is 2.34. The number of carbonyl (C=O) groups is 1. The Bertz CT molecular complexity index is 565. The van der Waals surface area contributed by atoms with Gasteiger partial charge in [0.15, 0.2) is 15.7 Å². The molecule has 9 heteroatoms. The summed E-state index contributed by atoms with van der Waals surface area (Å²) >= 11 is 0.981. The zero-order valence-corrected chi connectivity index (χ0v) is 13.0. The Morgan fingerprint density at radius 2 is 1.95 bits per heavy atom. The van der Waals surface area contributed by atoms with Gasteiger partial charge in [0.1, 0.15) is 9.90 Å². The minimum Gasteiger partial charge on any atom is -0.382 e.